The van der Waals surface area contributed by atoms with Gasteiger partial charge in [-0.05, 0) is 25.7 Å². The predicted molar refractivity (Wildman–Crippen MR) is 82.3 cm³/mol. The molecule has 0 spiro atoms. The average Bonchev–Trinajstić information content (AvgIpc) is 2.48. The molecule has 4 heteroatoms. The summed E-state index contributed by atoms with van der Waals surface area (Å²) in [6, 6.07) is 0. The molecule has 1 aliphatic carbocycles. The summed E-state index contributed by atoms with van der Waals surface area (Å²) in [5, 5.41) is 18.4. The van der Waals surface area contributed by atoms with Gasteiger partial charge in [0.05, 0.1) is 5.41 Å². The molecule has 0 aromatic rings. The van der Waals surface area contributed by atoms with Gasteiger partial charge in [-0.15, -0.1) is 0 Å². The zero-order valence-corrected chi connectivity index (χ0v) is 13.1. The number of carbonyl (C=O) groups is 2. The predicted octanol–water partition coefficient (Wildman–Crippen LogP) is 4.62. The maximum absolute atomic E-state index is 11.8. The van der Waals surface area contributed by atoms with E-state index in [1.54, 1.807) is 0 Å². The Balaban J connectivity index is 2.58. The van der Waals surface area contributed by atoms with Gasteiger partial charge in [0.1, 0.15) is 0 Å². The van der Waals surface area contributed by atoms with Crippen molar-refractivity contribution in [1.82, 2.24) is 0 Å². The Bertz CT molecular complexity index is 313. The SMILES string of the molecule is O=C(O)CCCCC1(C(=O)O)CCCCCCCCCC1. The highest BCUT2D eigenvalue weighted by Crippen LogP contribution is 2.38. The van der Waals surface area contributed by atoms with Crippen molar-refractivity contribution < 1.29 is 19.8 Å². The number of hydrogen-bond donors (Lipinski definition) is 2. The monoisotopic (exact) mass is 298 g/mol. The van der Waals surface area contributed by atoms with Crippen LogP contribution in [-0.2, 0) is 9.59 Å². The molecule has 0 heterocycles. The Hall–Kier alpha value is -1.06. The molecule has 0 amide bonds. The largest absolute Gasteiger partial charge is 0.481 e. The number of carboxylic acid groups (broad SMARTS) is 2. The molecule has 122 valence electrons. The Morgan fingerprint density at radius 3 is 1.67 bits per heavy atom. The molecule has 1 aliphatic rings. The third kappa shape index (κ3) is 6.96. The molecule has 1 fully saturated rings. The number of carboxylic acids is 2. The zero-order valence-electron chi connectivity index (χ0n) is 13.1. The van der Waals surface area contributed by atoms with E-state index in [4.69, 9.17) is 5.11 Å². The Labute approximate surface area is 127 Å². The van der Waals surface area contributed by atoms with Crippen LogP contribution in [0.15, 0.2) is 0 Å². The van der Waals surface area contributed by atoms with Gasteiger partial charge in [-0.1, -0.05) is 57.8 Å². The van der Waals surface area contributed by atoms with E-state index < -0.39 is 17.4 Å². The van der Waals surface area contributed by atoms with Crippen LogP contribution in [0.3, 0.4) is 0 Å². The molecule has 2 N–H and O–H groups in total. The van der Waals surface area contributed by atoms with Gasteiger partial charge in [-0.25, -0.2) is 0 Å². The van der Waals surface area contributed by atoms with Gasteiger partial charge in [-0.2, -0.15) is 0 Å². The second-order valence-electron chi connectivity index (χ2n) is 6.51. The molecule has 0 atom stereocenters. The van der Waals surface area contributed by atoms with Gasteiger partial charge in [0, 0.05) is 6.42 Å². The van der Waals surface area contributed by atoms with Crippen LogP contribution >= 0.6 is 0 Å². The van der Waals surface area contributed by atoms with E-state index in [9.17, 15) is 14.7 Å². The minimum absolute atomic E-state index is 0.149. The number of hydrogen-bond acceptors (Lipinski definition) is 2. The lowest BCUT2D eigenvalue weighted by molar-refractivity contribution is -0.150. The van der Waals surface area contributed by atoms with Gasteiger partial charge in [0.25, 0.3) is 0 Å². The number of unbranched alkanes of at least 4 members (excludes halogenated alkanes) is 1. The lowest BCUT2D eigenvalue weighted by Gasteiger charge is -2.29. The third-order valence-electron chi connectivity index (χ3n) is 4.81. The van der Waals surface area contributed by atoms with E-state index in [1.165, 1.54) is 25.7 Å². The van der Waals surface area contributed by atoms with E-state index in [0.29, 0.717) is 19.3 Å². The van der Waals surface area contributed by atoms with Crippen LogP contribution in [0.2, 0.25) is 0 Å². The Morgan fingerprint density at radius 1 is 0.762 bits per heavy atom. The van der Waals surface area contributed by atoms with Crippen LogP contribution in [0.25, 0.3) is 0 Å². The fourth-order valence-electron chi connectivity index (χ4n) is 3.42. The first-order chi connectivity index (χ1) is 10.1. The summed E-state index contributed by atoms with van der Waals surface area (Å²) in [4.78, 5) is 22.4. The van der Waals surface area contributed by atoms with Crippen molar-refractivity contribution in [3.63, 3.8) is 0 Å². The maximum Gasteiger partial charge on any atom is 0.309 e. The van der Waals surface area contributed by atoms with Crippen LogP contribution in [-0.4, -0.2) is 22.2 Å². The second kappa shape index (κ2) is 9.80. The number of aliphatic carboxylic acids is 2. The lowest BCUT2D eigenvalue weighted by atomic mass is 9.74. The van der Waals surface area contributed by atoms with Crippen LogP contribution < -0.4 is 0 Å². The van der Waals surface area contributed by atoms with Crippen molar-refractivity contribution in [1.29, 1.82) is 0 Å². The third-order valence-corrected chi connectivity index (χ3v) is 4.81. The lowest BCUT2D eigenvalue weighted by Crippen LogP contribution is -2.31. The fraction of sp³-hybridized carbons (Fsp3) is 0.882. The first kappa shape index (κ1) is 18.0. The summed E-state index contributed by atoms with van der Waals surface area (Å²) in [5.74, 6) is -1.46. The normalized spacial score (nSPS) is 20.4. The van der Waals surface area contributed by atoms with Gasteiger partial charge in [-0.3, -0.25) is 9.59 Å². The van der Waals surface area contributed by atoms with Crippen molar-refractivity contribution in [2.45, 2.75) is 89.9 Å². The van der Waals surface area contributed by atoms with Crippen LogP contribution in [0, 0.1) is 5.41 Å². The molecule has 1 rings (SSSR count). The molecule has 21 heavy (non-hydrogen) atoms. The molecule has 0 unspecified atom stereocenters. The Kier molecular flexibility index (Phi) is 8.40. The molecule has 0 bridgehead atoms. The molecule has 0 aromatic heterocycles. The maximum atomic E-state index is 11.8. The van der Waals surface area contributed by atoms with Crippen molar-refractivity contribution >= 4 is 11.9 Å². The van der Waals surface area contributed by atoms with Crippen LogP contribution in [0.5, 0.6) is 0 Å². The minimum atomic E-state index is -0.790. The van der Waals surface area contributed by atoms with E-state index in [2.05, 4.69) is 0 Å². The van der Waals surface area contributed by atoms with Crippen LogP contribution in [0.1, 0.15) is 89.9 Å². The molecular formula is C17H30O4. The van der Waals surface area contributed by atoms with Crippen molar-refractivity contribution in [2.75, 3.05) is 0 Å². The summed E-state index contributed by atoms with van der Waals surface area (Å²) in [7, 11) is 0. The standard InChI is InChI=1S/C17H30O4/c18-15(19)11-7-10-14-17(16(20)21)12-8-5-3-1-2-4-6-9-13-17/h1-14H2,(H,18,19)(H,20,21). The van der Waals surface area contributed by atoms with Gasteiger partial charge >= 0.3 is 11.9 Å². The first-order valence-corrected chi connectivity index (χ1v) is 8.52. The second-order valence-corrected chi connectivity index (χ2v) is 6.51. The summed E-state index contributed by atoms with van der Waals surface area (Å²) in [5.41, 5.74) is -0.608. The molecule has 0 radical (unpaired) electrons. The summed E-state index contributed by atoms with van der Waals surface area (Å²) < 4.78 is 0. The van der Waals surface area contributed by atoms with Gasteiger partial charge in [0.2, 0.25) is 0 Å². The minimum Gasteiger partial charge on any atom is -0.481 e. The molecule has 4 nitrogen and oxygen atoms in total. The summed E-state index contributed by atoms with van der Waals surface area (Å²) in [6.07, 6.45) is 12.8. The summed E-state index contributed by atoms with van der Waals surface area (Å²) >= 11 is 0. The first-order valence-electron chi connectivity index (χ1n) is 8.52. The van der Waals surface area contributed by atoms with E-state index in [1.807, 2.05) is 0 Å². The quantitative estimate of drug-likeness (QED) is 0.702. The molecule has 0 aliphatic heterocycles. The molecular weight excluding hydrogens is 268 g/mol. The van der Waals surface area contributed by atoms with Crippen molar-refractivity contribution in [3.05, 3.63) is 0 Å². The van der Waals surface area contributed by atoms with E-state index >= 15 is 0 Å². The zero-order chi connectivity index (χ0) is 15.6. The summed E-state index contributed by atoms with van der Waals surface area (Å²) in [6.45, 7) is 0. The Morgan fingerprint density at radius 2 is 1.24 bits per heavy atom. The highest BCUT2D eigenvalue weighted by atomic mass is 16.4. The highest BCUT2D eigenvalue weighted by Gasteiger charge is 2.36. The molecule has 0 aromatic carbocycles. The van der Waals surface area contributed by atoms with Gasteiger partial charge < -0.3 is 10.2 Å². The van der Waals surface area contributed by atoms with Crippen LogP contribution in [0.4, 0.5) is 0 Å². The van der Waals surface area contributed by atoms with Gasteiger partial charge in [0.15, 0.2) is 0 Å². The molecule has 0 saturated heterocycles. The smallest absolute Gasteiger partial charge is 0.309 e. The van der Waals surface area contributed by atoms with E-state index in [-0.39, 0.29) is 6.42 Å². The topological polar surface area (TPSA) is 74.6 Å². The number of rotatable bonds is 6. The van der Waals surface area contributed by atoms with Crippen molar-refractivity contribution in [3.8, 4) is 0 Å². The van der Waals surface area contributed by atoms with Crippen molar-refractivity contribution in [2.24, 2.45) is 5.41 Å². The average molecular weight is 298 g/mol. The van der Waals surface area contributed by atoms with E-state index in [0.717, 1.165) is 38.5 Å². The molecule has 1 saturated carbocycles. The fourth-order valence-corrected chi connectivity index (χ4v) is 3.42. The highest BCUT2D eigenvalue weighted by molar-refractivity contribution is 5.74.